The van der Waals surface area contributed by atoms with Gasteiger partial charge in [-0.15, -0.1) is 0 Å². The van der Waals surface area contributed by atoms with Crippen LogP contribution >= 0.6 is 0 Å². The topological polar surface area (TPSA) is 64.6 Å². The zero-order chi connectivity index (χ0) is 16.9. The fraction of sp³-hybridized carbons (Fsp3) is 0.353. The molecule has 1 atom stereocenters. The number of hydrogen-bond acceptors (Lipinski definition) is 5. The summed E-state index contributed by atoms with van der Waals surface area (Å²) in [5.41, 5.74) is 0.843. The highest BCUT2D eigenvalue weighted by atomic mass is 19.1. The Balaban J connectivity index is 1.60. The van der Waals surface area contributed by atoms with Crippen LogP contribution in [0.25, 0.3) is 0 Å². The van der Waals surface area contributed by atoms with Crippen molar-refractivity contribution < 1.29 is 18.7 Å². The zero-order valence-corrected chi connectivity index (χ0v) is 13.3. The molecule has 1 aliphatic heterocycles. The third-order valence-corrected chi connectivity index (χ3v) is 3.71. The number of carbonyl (C=O) groups is 1. The van der Waals surface area contributed by atoms with Gasteiger partial charge in [0.05, 0.1) is 13.2 Å². The van der Waals surface area contributed by atoms with Gasteiger partial charge >= 0.3 is 0 Å². The first-order chi connectivity index (χ1) is 11.6. The van der Waals surface area contributed by atoms with E-state index in [0.717, 1.165) is 5.69 Å². The lowest BCUT2D eigenvalue weighted by Gasteiger charge is -2.32. The minimum Gasteiger partial charge on any atom is -0.481 e. The summed E-state index contributed by atoms with van der Waals surface area (Å²) in [5, 5.41) is 0. The van der Waals surface area contributed by atoms with E-state index in [4.69, 9.17) is 9.47 Å². The van der Waals surface area contributed by atoms with Crippen LogP contribution in [-0.2, 0) is 9.53 Å². The van der Waals surface area contributed by atoms with Crippen LogP contribution in [0.1, 0.15) is 17.6 Å². The summed E-state index contributed by atoms with van der Waals surface area (Å²) in [6.45, 7) is 2.86. The van der Waals surface area contributed by atoms with Gasteiger partial charge in [0.1, 0.15) is 6.10 Å². The van der Waals surface area contributed by atoms with Crippen molar-refractivity contribution in [2.75, 3.05) is 26.3 Å². The van der Waals surface area contributed by atoms with Gasteiger partial charge in [-0.1, -0.05) is 12.1 Å². The zero-order valence-electron chi connectivity index (χ0n) is 13.3. The Bertz CT molecular complexity index is 726. The van der Waals surface area contributed by atoms with Crippen LogP contribution in [0.4, 0.5) is 4.39 Å². The molecule has 1 fully saturated rings. The number of ether oxygens (including phenoxy) is 2. The number of morpholine rings is 1. The van der Waals surface area contributed by atoms with Gasteiger partial charge in [0.25, 0.3) is 5.91 Å². The highest BCUT2D eigenvalue weighted by molar-refractivity contribution is 5.77. The summed E-state index contributed by atoms with van der Waals surface area (Å²) in [4.78, 5) is 22.5. The van der Waals surface area contributed by atoms with Gasteiger partial charge in [-0.2, -0.15) is 0 Å². The van der Waals surface area contributed by atoms with E-state index in [1.165, 1.54) is 12.1 Å². The minimum absolute atomic E-state index is 0.0673. The molecule has 1 amide bonds. The molecule has 0 aliphatic carbocycles. The van der Waals surface area contributed by atoms with Gasteiger partial charge in [0.2, 0.25) is 0 Å². The summed E-state index contributed by atoms with van der Waals surface area (Å²) in [5.74, 6) is -0.0854. The first-order valence-electron chi connectivity index (χ1n) is 7.70. The number of hydrogen-bond donors (Lipinski definition) is 0. The summed E-state index contributed by atoms with van der Waals surface area (Å²) in [6.07, 6.45) is 1.30. The molecule has 0 unspecified atom stereocenters. The minimum atomic E-state index is -0.488. The van der Waals surface area contributed by atoms with Crippen molar-refractivity contribution in [2.24, 2.45) is 0 Å². The Kier molecular flexibility index (Phi) is 5.00. The quantitative estimate of drug-likeness (QED) is 0.856. The molecule has 2 heterocycles. The molecular formula is C17H18FN3O3. The molecule has 6 nitrogen and oxygen atoms in total. The van der Waals surface area contributed by atoms with Crippen LogP contribution < -0.4 is 4.74 Å². The third-order valence-electron chi connectivity index (χ3n) is 3.71. The van der Waals surface area contributed by atoms with E-state index in [-0.39, 0.29) is 24.4 Å². The maximum absolute atomic E-state index is 13.5. The number of rotatable bonds is 4. The van der Waals surface area contributed by atoms with Crippen LogP contribution in [-0.4, -0.2) is 47.1 Å². The van der Waals surface area contributed by atoms with E-state index in [1.807, 2.05) is 6.92 Å². The van der Waals surface area contributed by atoms with Crippen LogP contribution in [0, 0.1) is 12.7 Å². The molecule has 3 rings (SSSR count). The van der Waals surface area contributed by atoms with Crippen molar-refractivity contribution in [3.63, 3.8) is 0 Å². The molecule has 0 bridgehead atoms. The van der Waals surface area contributed by atoms with E-state index < -0.39 is 5.82 Å². The van der Waals surface area contributed by atoms with Gasteiger partial charge in [-0.05, 0) is 25.1 Å². The standard InChI is InChI=1S/C17H18FN3O3/c1-12-6-7-19-17(20-12)15-10-21(8-9-23-15)16(22)11-24-14-5-3-2-4-13(14)18/h2-7,15H,8-11H2,1H3/t15-/m1/s1. The fourth-order valence-corrected chi connectivity index (χ4v) is 2.45. The molecule has 1 saturated heterocycles. The molecule has 2 aromatic rings. The second-order valence-corrected chi connectivity index (χ2v) is 5.47. The van der Waals surface area contributed by atoms with Gasteiger partial charge in [-0.3, -0.25) is 4.79 Å². The second kappa shape index (κ2) is 7.35. The first-order valence-corrected chi connectivity index (χ1v) is 7.70. The second-order valence-electron chi connectivity index (χ2n) is 5.47. The fourth-order valence-electron chi connectivity index (χ4n) is 2.45. The molecule has 126 valence electrons. The highest BCUT2D eigenvalue weighted by Gasteiger charge is 2.27. The van der Waals surface area contributed by atoms with Crippen LogP contribution in [0.3, 0.4) is 0 Å². The number of halogens is 1. The van der Waals surface area contributed by atoms with Crippen LogP contribution in [0.2, 0.25) is 0 Å². The summed E-state index contributed by atoms with van der Waals surface area (Å²) in [6, 6.07) is 7.81. The number of amides is 1. The Labute approximate surface area is 139 Å². The Morgan fingerprint density at radius 1 is 1.42 bits per heavy atom. The lowest BCUT2D eigenvalue weighted by atomic mass is 10.2. The molecule has 1 aromatic heterocycles. The normalized spacial score (nSPS) is 17.6. The molecular weight excluding hydrogens is 313 g/mol. The number of aromatic nitrogens is 2. The Hall–Kier alpha value is -2.54. The van der Waals surface area contributed by atoms with Gasteiger partial charge in [0.15, 0.2) is 24.0 Å². The van der Waals surface area contributed by atoms with E-state index in [0.29, 0.717) is 25.5 Å². The van der Waals surface area contributed by atoms with Crippen molar-refractivity contribution in [3.05, 3.63) is 53.9 Å². The lowest BCUT2D eigenvalue weighted by Crippen LogP contribution is -2.44. The maximum Gasteiger partial charge on any atom is 0.260 e. The van der Waals surface area contributed by atoms with Crippen molar-refractivity contribution in [3.8, 4) is 5.75 Å². The molecule has 1 aromatic carbocycles. The van der Waals surface area contributed by atoms with E-state index >= 15 is 0 Å². The van der Waals surface area contributed by atoms with Gasteiger partial charge in [-0.25, -0.2) is 14.4 Å². The Morgan fingerprint density at radius 2 is 2.25 bits per heavy atom. The highest BCUT2D eigenvalue weighted by Crippen LogP contribution is 2.20. The van der Waals surface area contributed by atoms with Crippen LogP contribution in [0.15, 0.2) is 36.5 Å². The first kappa shape index (κ1) is 16.3. The molecule has 0 saturated carbocycles. The van der Waals surface area contributed by atoms with Crippen molar-refractivity contribution in [1.82, 2.24) is 14.9 Å². The predicted octanol–water partition coefficient (Wildman–Crippen LogP) is 1.90. The molecule has 1 aliphatic rings. The van der Waals surface area contributed by atoms with Gasteiger partial charge < -0.3 is 14.4 Å². The lowest BCUT2D eigenvalue weighted by molar-refractivity contribution is -0.141. The Morgan fingerprint density at radius 3 is 3.04 bits per heavy atom. The predicted molar refractivity (Wildman–Crippen MR) is 83.9 cm³/mol. The van der Waals surface area contributed by atoms with E-state index in [2.05, 4.69) is 9.97 Å². The van der Waals surface area contributed by atoms with Crippen molar-refractivity contribution in [1.29, 1.82) is 0 Å². The van der Waals surface area contributed by atoms with Crippen molar-refractivity contribution >= 4 is 5.91 Å². The number of nitrogens with zero attached hydrogens (tertiary/aromatic N) is 3. The molecule has 0 radical (unpaired) electrons. The monoisotopic (exact) mass is 331 g/mol. The summed E-state index contributed by atoms with van der Waals surface area (Å²) >= 11 is 0. The number of aryl methyl sites for hydroxylation is 1. The average Bonchev–Trinajstić information content (AvgIpc) is 2.61. The van der Waals surface area contributed by atoms with Crippen molar-refractivity contribution in [2.45, 2.75) is 13.0 Å². The molecule has 0 spiro atoms. The third kappa shape index (κ3) is 3.86. The largest absolute Gasteiger partial charge is 0.481 e. The van der Waals surface area contributed by atoms with E-state index in [9.17, 15) is 9.18 Å². The summed E-state index contributed by atoms with van der Waals surface area (Å²) < 4.78 is 24.5. The maximum atomic E-state index is 13.5. The van der Waals surface area contributed by atoms with Gasteiger partial charge in [0, 0.05) is 18.4 Å². The SMILES string of the molecule is Cc1ccnc([C@H]2CN(C(=O)COc3ccccc3F)CCO2)n1. The summed E-state index contributed by atoms with van der Waals surface area (Å²) in [7, 11) is 0. The molecule has 24 heavy (non-hydrogen) atoms. The average molecular weight is 331 g/mol. The smallest absolute Gasteiger partial charge is 0.260 e. The number of benzene rings is 1. The van der Waals surface area contributed by atoms with E-state index in [1.54, 1.807) is 29.3 Å². The van der Waals surface area contributed by atoms with Crippen LogP contribution in [0.5, 0.6) is 5.75 Å². The molecule has 7 heteroatoms. The molecule has 0 N–H and O–H groups in total. The number of para-hydroxylation sites is 1. The number of carbonyl (C=O) groups excluding carboxylic acids is 1.